The SMILES string of the molecule is CCOc1ccccc1/C=C/C(=O)N(C1CCCC1)C1CC1. The maximum Gasteiger partial charge on any atom is 0.247 e. The highest BCUT2D eigenvalue weighted by Gasteiger charge is 2.37. The van der Waals surface area contributed by atoms with E-state index in [-0.39, 0.29) is 5.91 Å². The molecule has 0 saturated heterocycles. The third-order valence-electron chi connectivity index (χ3n) is 4.54. The third-order valence-corrected chi connectivity index (χ3v) is 4.54. The minimum Gasteiger partial charge on any atom is -0.493 e. The molecule has 1 aromatic carbocycles. The van der Waals surface area contributed by atoms with Gasteiger partial charge in [-0.05, 0) is 44.7 Å². The lowest BCUT2D eigenvalue weighted by Gasteiger charge is -2.28. The first-order valence-electron chi connectivity index (χ1n) is 8.52. The van der Waals surface area contributed by atoms with E-state index in [1.165, 1.54) is 38.5 Å². The number of amides is 1. The smallest absolute Gasteiger partial charge is 0.247 e. The highest BCUT2D eigenvalue weighted by atomic mass is 16.5. The maximum atomic E-state index is 12.7. The van der Waals surface area contributed by atoms with Crippen molar-refractivity contribution < 1.29 is 9.53 Å². The van der Waals surface area contributed by atoms with Gasteiger partial charge in [0.1, 0.15) is 5.75 Å². The van der Waals surface area contributed by atoms with E-state index < -0.39 is 0 Å². The van der Waals surface area contributed by atoms with Crippen molar-refractivity contribution in [1.29, 1.82) is 0 Å². The zero-order valence-corrected chi connectivity index (χ0v) is 13.3. The first-order valence-corrected chi connectivity index (χ1v) is 8.52. The molecule has 0 atom stereocenters. The van der Waals surface area contributed by atoms with Gasteiger partial charge in [-0.1, -0.05) is 31.0 Å². The average Bonchev–Trinajstić information content (AvgIpc) is 3.21. The van der Waals surface area contributed by atoms with Crippen molar-refractivity contribution in [3.63, 3.8) is 0 Å². The Morgan fingerprint density at radius 3 is 2.55 bits per heavy atom. The van der Waals surface area contributed by atoms with Gasteiger partial charge in [0.2, 0.25) is 5.91 Å². The Morgan fingerprint density at radius 2 is 1.86 bits per heavy atom. The minimum absolute atomic E-state index is 0.167. The topological polar surface area (TPSA) is 29.5 Å². The number of para-hydroxylation sites is 1. The lowest BCUT2D eigenvalue weighted by atomic mass is 10.1. The molecule has 0 unspecified atom stereocenters. The maximum absolute atomic E-state index is 12.7. The number of benzene rings is 1. The number of hydrogen-bond acceptors (Lipinski definition) is 2. The zero-order valence-electron chi connectivity index (χ0n) is 13.3. The minimum atomic E-state index is 0.167. The average molecular weight is 299 g/mol. The molecule has 2 fully saturated rings. The summed E-state index contributed by atoms with van der Waals surface area (Å²) in [5.41, 5.74) is 0.972. The molecule has 0 aromatic heterocycles. The normalized spacial score (nSPS) is 18.8. The zero-order chi connectivity index (χ0) is 15.4. The number of carbonyl (C=O) groups excluding carboxylic acids is 1. The molecule has 2 aliphatic rings. The number of ether oxygens (including phenoxy) is 1. The molecule has 0 heterocycles. The molecular formula is C19H25NO2. The van der Waals surface area contributed by atoms with E-state index in [0.717, 1.165) is 11.3 Å². The molecule has 3 rings (SSSR count). The van der Waals surface area contributed by atoms with Crippen LogP contribution in [0.5, 0.6) is 5.75 Å². The van der Waals surface area contributed by atoms with Crippen molar-refractivity contribution in [2.24, 2.45) is 0 Å². The van der Waals surface area contributed by atoms with Crippen LogP contribution in [0.1, 0.15) is 51.0 Å². The Hall–Kier alpha value is -1.77. The highest BCUT2D eigenvalue weighted by molar-refractivity contribution is 5.92. The summed E-state index contributed by atoms with van der Waals surface area (Å²) in [4.78, 5) is 14.8. The van der Waals surface area contributed by atoms with E-state index in [1.54, 1.807) is 6.08 Å². The Balaban J connectivity index is 1.72. The molecule has 2 aliphatic carbocycles. The predicted octanol–water partition coefficient (Wildman–Crippen LogP) is 4.03. The van der Waals surface area contributed by atoms with E-state index in [9.17, 15) is 4.79 Å². The van der Waals surface area contributed by atoms with Gasteiger partial charge in [0.15, 0.2) is 0 Å². The Labute approximate surface area is 133 Å². The van der Waals surface area contributed by atoms with Gasteiger partial charge < -0.3 is 9.64 Å². The lowest BCUT2D eigenvalue weighted by molar-refractivity contribution is -0.128. The van der Waals surface area contributed by atoms with Crippen LogP contribution in [0.4, 0.5) is 0 Å². The molecule has 0 bridgehead atoms. The molecule has 118 valence electrons. The summed E-state index contributed by atoms with van der Waals surface area (Å²) < 4.78 is 5.61. The van der Waals surface area contributed by atoms with Crippen LogP contribution in [0.15, 0.2) is 30.3 Å². The number of nitrogens with zero attached hydrogens (tertiary/aromatic N) is 1. The van der Waals surface area contributed by atoms with E-state index >= 15 is 0 Å². The van der Waals surface area contributed by atoms with Crippen molar-refractivity contribution >= 4 is 12.0 Å². The van der Waals surface area contributed by atoms with Gasteiger partial charge in [0.05, 0.1) is 6.61 Å². The molecule has 0 radical (unpaired) electrons. The van der Waals surface area contributed by atoms with Crippen LogP contribution in [0, 0.1) is 0 Å². The molecule has 1 amide bonds. The van der Waals surface area contributed by atoms with Crippen LogP contribution < -0.4 is 4.74 Å². The number of rotatable bonds is 6. The lowest BCUT2D eigenvalue weighted by Crippen LogP contribution is -2.39. The summed E-state index contributed by atoms with van der Waals surface area (Å²) in [6.07, 6.45) is 10.8. The van der Waals surface area contributed by atoms with Crippen molar-refractivity contribution in [3.05, 3.63) is 35.9 Å². The standard InChI is InChI=1S/C19H25NO2/c1-2-22-18-10-6-3-7-15(18)11-14-19(21)20(17-12-13-17)16-8-4-5-9-16/h3,6-7,10-11,14,16-17H,2,4-5,8-9,12-13H2,1H3/b14-11+. The molecule has 3 nitrogen and oxygen atoms in total. The predicted molar refractivity (Wildman–Crippen MR) is 88.8 cm³/mol. The van der Waals surface area contributed by atoms with Crippen LogP contribution in [0.2, 0.25) is 0 Å². The van der Waals surface area contributed by atoms with Crippen LogP contribution in [-0.4, -0.2) is 29.5 Å². The quantitative estimate of drug-likeness (QED) is 0.742. The van der Waals surface area contributed by atoms with E-state index in [0.29, 0.717) is 18.7 Å². The second-order valence-corrected chi connectivity index (χ2v) is 6.22. The molecular weight excluding hydrogens is 274 g/mol. The van der Waals surface area contributed by atoms with Gasteiger partial charge in [-0.2, -0.15) is 0 Å². The van der Waals surface area contributed by atoms with Gasteiger partial charge in [0, 0.05) is 23.7 Å². The Kier molecular flexibility index (Phi) is 4.81. The second-order valence-electron chi connectivity index (χ2n) is 6.22. The first kappa shape index (κ1) is 15.1. The summed E-state index contributed by atoms with van der Waals surface area (Å²) in [6, 6.07) is 8.82. The van der Waals surface area contributed by atoms with Crippen LogP contribution in [-0.2, 0) is 4.79 Å². The van der Waals surface area contributed by atoms with Crippen molar-refractivity contribution in [2.75, 3.05) is 6.61 Å². The van der Waals surface area contributed by atoms with Gasteiger partial charge in [-0.15, -0.1) is 0 Å². The summed E-state index contributed by atoms with van der Waals surface area (Å²) in [5, 5.41) is 0. The second kappa shape index (κ2) is 6.99. The van der Waals surface area contributed by atoms with Crippen molar-refractivity contribution in [2.45, 2.75) is 57.5 Å². The summed E-state index contributed by atoms with van der Waals surface area (Å²) >= 11 is 0. The molecule has 2 saturated carbocycles. The fourth-order valence-corrected chi connectivity index (χ4v) is 3.35. The van der Waals surface area contributed by atoms with E-state index in [4.69, 9.17) is 4.74 Å². The van der Waals surface area contributed by atoms with Gasteiger partial charge >= 0.3 is 0 Å². The molecule has 0 aliphatic heterocycles. The number of carbonyl (C=O) groups is 1. The van der Waals surface area contributed by atoms with Crippen molar-refractivity contribution in [3.8, 4) is 5.75 Å². The largest absolute Gasteiger partial charge is 0.493 e. The van der Waals surface area contributed by atoms with Gasteiger partial charge in [0.25, 0.3) is 0 Å². The molecule has 0 N–H and O–H groups in total. The fourth-order valence-electron chi connectivity index (χ4n) is 3.35. The summed E-state index contributed by atoms with van der Waals surface area (Å²) in [5.74, 6) is 1.01. The van der Waals surface area contributed by atoms with Crippen LogP contribution in [0.3, 0.4) is 0 Å². The highest BCUT2D eigenvalue weighted by Crippen LogP contribution is 2.34. The first-order chi connectivity index (χ1) is 10.8. The Morgan fingerprint density at radius 1 is 1.18 bits per heavy atom. The van der Waals surface area contributed by atoms with Crippen LogP contribution in [0.25, 0.3) is 6.08 Å². The fraction of sp³-hybridized carbons (Fsp3) is 0.526. The van der Waals surface area contributed by atoms with Crippen molar-refractivity contribution in [1.82, 2.24) is 4.90 Å². The Bertz CT molecular complexity index is 542. The van der Waals surface area contributed by atoms with Gasteiger partial charge in [-0.3, -0.25) is 4.79 Å². The van der Waals surface area contributed by atoms with E-state index in [2.05, 4.69) is 4.90 Å². The monoisotopic (exact) mass is 299 g/mol. The van der Waals surface area contributed by atoms with Gasteiger partial charge in [-0.25, -0.2) is 0 Å². The molecule has 1 aromatic rings. The number of hydrogen-bond donors (Lipinski definition) is 0. The third kappa shape index (κ3) is 3.52. The van der Waals surface area contributed by atoms with E-state index in [1.807, 2.05) is 37.3 Å². The molecule has 22 heavy (non-hydrogen) atoms. The molecule has 0 spiro atoms. The van der Waals surface area contributed by atoms with Crippen LogP contribution >= 0.6 is 0 Å². The summed E-state index contributed by atoms with van der Waals surface area (Å²) in [7, 11) is 0. The molecule has 3 heteroatoms. The summed E-state index contributed by atoms with van der Waals surface area (Å²) in [6.45, 7) is 2.61.